The number of hydrogen-bond donors (Lipinski definition) is 3. The molecule has 1 rings (SSSR count). The molecule has 0 saturated heterocycles. The van der Waals surface area contributed by atoms with Gasteiger partial charge in [0.05, 0.1) is 12.2 Å². The molecule has 1 aromatic rings. The van der Waals surface area contributed by atoms with Crippen molar-refractivity contribution in [2.75, 3.05) is 5.32 Å². The molecule has 0 spiro atoms. The molecule has 1 atom stereocenters. The van der Waals surface area contributed by atoms with Crippen molar-refractivity contribution in [3.63, 3.8) is 0 Å². The fourth-order valence-electron chi connectivity index (χ4n) is 1.13. The Hall–Kier alpha value is -1.36. The maximum absolute atomic E-state index is 11.5. The fraction of sp³-hybridized carbons (Fsp3) is 0.556. The van der Waals surface area contributed by atoms with E-state index in [9.17, 15) is 4.79 Å². The standard InChI is InChI=1S/C9H16N4O/c1-3-4-7(10)9(14)12-8-6(2)5-11-13-8/h5,7H,3-4,10H2,1-2H3,(H2,11,12,13,14)/t7-/m1/s1. The molecule has 4 N–H and O–H groups in total. The van der Waals surface area contributed by atoms with Crippen molar-refractivity contribution in [2.24, 2.45) is 5.73 Å². The van der Waals surface area contributed by atoms with E-state index in [-0.39, 0.29) is 5.91 Å². The number of carbonyl (C=O) groups excluding carboxylic acids is 1. The van der Waals surface area contributed by atoms with Gasteiger partial charge in [0.15, 0.2) is 0 Å². The van der Waals surface area contributed by atoms with Crippen LogP contribution >= 0.6 is 0 Å². The summed E-state index contributed by atoms with van der Waals surface area (Å²) in [7, 11) is 0. The number of aryl methyl sites for hydroxylation is 1. The Morgan fingerprint density at radius 2 is 2.50 bits per heavy atom. The van der Waals surface area contributed by atoms with Gasteiger partial charge < -0.3 is 11.1 Å². The molecule has 0 radical (unpaired) electrons. The van der Waals surface area contributed by atoms with Gasteiger partial charge in [0.1, 0.15) is 5.82 Å². The second-order valence-electron chi connectivity index (χ2n) is 3.31. The van der Waals surface area contributed by atoms with E-state index in [0.29, 0.717) is 12.2 Å². The van der Waals surface area contributed by atoms with Crippen molar-refractivity contribution in [3.05, 3.63) is 11.8 Å². The molecular weight excluding hydrogens is 180 g/mol. The Labute approximate surface area is 83.1 Å². The van der Waals surface area contributed by atoms with Crippen LogP contribution in [0.25, 0.3) is 0 Å². The number of nitrogens with zero attached hydrogens (tertiary/aromatic N) is 1. The maximum atomic E-state index is 11.5. The van der Waals surface area contributed by atoms with E-state index in [2.05, 4.69) is 15.5 Å². The Kier molecular flexibility index (Phi) is 3.64. The molecule has 0 aliphatic carbocycles. The van der Waals surface area contributed by atoms with E-state index in [1.165, 1.54) is 0 Å². The minimum absolute atomic E-state index is 0.167. The van der Waals surface area contributed by atoms with Crippen molar-refractivity contribution < 1.29 is 4.79 Å². The number of rotatable bonds is 4. The lowest BCUT2D eigenvalue weighted by molar-refractivity contribution is -0.117. The van der Waals surface area contributed by atoms with E-state index in [1.54, 1.807) is 6.20 Å². The van der Waals surface area contributed by atoms with Crippen molar-refractivity contribution in [3.8, 4) is 0 Å². The first-order valence-electron chi connectivity index (χ1n) is 4.71. The summed E-state index contributed by atoms with van der Waals surface area (Å²) in [5, 5.41) is 9.19. The third-order valence-electron chi connectivity index (χ3n) is 2.01. The van der Waals surface area contributed by atoms with E-state index in [4.69, 9.17) is 5.73 Å². The van der Waals surface area contributed by atoms with Gasteiger partial charge in [-0.3, -0.25) is 9.89 Å². The minimum atomic E-state index is -0.442. The normalized spacial score (nSPS) is 12.5. The van der Waals surface area contributed by atoms with Crippen LogP contribution in [0.4, 0.5) is 5.82 Å². The predicted molar refractivity (Wildman–Crippen MR) is 54.8 cm³/mol. The number of amides is 1. The molecule has 5 heteroatoms. The van der Waals surface area contributed by atoms with Crippen LogP contribution in [0, 0.1) is 6.92 Å². The first-order chi connectivity index (χ1) is 6.65. The second kappa shape index (κ2) is 4.76. The highest BCUT2D eigenvalue weighted by molar-refractivity contribution is 5.94. The highest BCUT2D eigenvalue weighted by Crippen LogP contribution is 2.08. The molecule has 0 aromatic carbocycles. The van der Waals surface area contributed by atoms with Gasteiger partial charge >= 0.3 is 0 Å². The van der Waals surface area contributed by atoms with Gasteiger partial charge in [0, 0.05) is 5.56 Å². The molecule has 0 aliphatic rings. The first-order valence-corrected chi connectivity index (χ1v) is 4.71. The minimum Gasteiger partial charge on any atom is -0.320 e. The van der Waals surface area contributed by atoms with Crippen LogP contribution in [0.2, 0.25) is 0 Å². The zero-order valence-corrected chi connectivity index (χ0v) is 8.50. The van der Waals surface area contributed by atoms with E-state index in [0.717, 1.165) is 12.0 Å². The summed E-state index contributed by atoms with van der Waals surface area (Å²) in [6.07, 6.45) is 3.25. The number of carbonyl (C=O) groups is 1. The van der Waals surface area contributed by atoms with E-state index < -0.39 is 6.04 Å². The van der Waals surface area contributed by atoms with Crippen LogP contribution in [0.15, 0.2) is 6.20 Å². The Morgan fingerprint density at radius 3 is 3.00 bits per heavy atom. The number of aromatic amines is 1. The van der Waals surface area contributed by atoms with Gasteiger partial charge in [-0.15, -0.1) is 0 Å². The van der Waals surface area contributed by atoms with E-state index in [1.807, 2.05) is 13.8 Å². The summed E-state index contributed by atoms with van der Waals surface area (Å²) in [6.45, 7) is 3.86. The third-order valence-corrected chi connectivity index (χ3v) is 2.01. The van der Waals surface area contributed by atoms with Crippen molar-refractivity contribution in [1.29, 1.82) is 0 Å². The van der Waals surface area contributed by atoms with Crippen LogP contribution in [-0.2, 0) is 4.79 Å². The number of aromatic nitrogens is 2. The molecule has 0 bridgehead atoms. The van der Waals surface area contributed by atoms with Crippen LogP contribution in [0.3, 0.4) is 0 Å². The summed E-state index contributed by atoms with van der Waals surface area (Å²) >= 11 is 0. The summed E-state index contributed by atoms with van der Waals surface area (Å²) in [6, 6.07) is -0.442. The zero-order valence-electron chi connectivity index (χ0n) is 8.50. The average Bonchev–Trinajstić information content (AvgIpc) is 2.52. The summed E-state index contributed by atoms with van der Waals surface area (Å²) < 4.78 is 0. The number of nitrogens with two attached hydrogens (primary N) is 1. The number of anilines is 1. The highest BCUT2D eigenvalue weighted by Gasteiger charge is 2.13. The first kappa shape index (κ1) is 10.7. The average molecular weight is 196 g/mol. The summed E-state index contributed by atoms with van der Waals surface area (Å²) in [5.41, 5.74) is 6.55. The lowest BCUT2D eigenvalue weighted by Gasteiger charge is -2.09. The predicted octanol–water partition coefficient (Wildman–Crippen LogP) is 0.784. The van der Waals surface area contributed by atoms with Crippen molar-refractivity contribution in [1.82, 2.24) is 10.2 Å². The number of H-pyrrole nitrogens is 1. The fourth-order valence-corrected chi connectivity index (χ4v) is 1.13. The number of hydrogen-bond acceptors (Lipinski definition) is 3. The van der Waals surface area contributed by atoms with Crippen LogP contribution < -0.4 is 11.1 Å². The monoisotopic (exact) mass is 196 g/mol. The zero-order chi connectivity index (χ0) is 10.6. The molecular formula is C9H16N4O. The SMILES string of the molecule is CCC[C@@H](N)C(=O)Nc1[nH]ncc1C. The van der Waals surface area contributed by atoms with Crippen LogP contribution in [0.5, 0.6) is 0 Å². The smallest absolute Gasteiger partial charge is 0.242 e. The Bertz CT molecular complexity index is 308. The molecule has 0 fully saturated rings. The molecule has 1 heterocycles. The van der Waals surface area contributed by atoms with Gasteiger partial charge in [-0.1, -0.05) is 13.3 Å². The Balaban J connectivity index is 2.53. The Morgan fingerprint density at radius 1 is 1.79 bits per heavy atom. The van der Waals surface area contributed by atoms with Crippen molar-refractivity contribution >= 4 is 11.7 Å². The van der Waals surface area contributed by atoms with E-state index >= 15 is 0 Å². The van der Waals surface area contributed by atoms with Gasteiger partial charge in [-0.25, -0.2) is 0 Å². The molecule has 0 saturated carbocycles. The lowest BCUT2D eigenvalue weighted by Crippen LogP contribution is -2.35. The van der Waals surface area contributed by atoms with Gasteiger partial charge in [0.25, 0.3) is 0 Å². The largest absolute Gasteiger partial charge is 0.320 e. The summed E-state index contributed by atoms with van der Waals surface area (Å²) in [5.74, 6) is 0.459. The molecule has 1 aromatic heterocycles. The van der Waals surface area contributed by atoms with Crippen molar-refractivity contribution in [2.45, 2.75) is 32.7 Å². The summed E-state index contributed by atoms with van der Waals surface area (Å²) in [4.78, 5) is 11.5. The molecule has 1 amide bonds. The lowest BCUT2D eigenvalue weighted by atomic mass is 10.1. The molecule has 78 valence electrons. The topological polar surface area (TPSA) is 83.8 Å². The quantitative estimate of drug-likeness (QED) is 0.665. The number of nitrogens with one attached hydrogen (secondary N) is 2. The van der Waals surface area contributed by atoms with Gasteiger partial charge in [-0.05, 0) is 13.3 Å². The molecule has 14 heavy (non-hydrogen) atoms. The molecule has 0 aliphatic heterocycles. The van der Waals surface area contributed by atoms with Gasteiger partial charge in [0.2, 0.25) is 5.91 Å². The van der Waals surface area contributed by atoms with Crippen LogP contribution in [0.1, 0.15) is 25.3 Å². The van der Waals surface area contributed by atoms with Crippen LogP contribution in [-0.4, -0.2) is 22.1 Å². The molecule has 0 unspecified atom stereocenters. The third kappa shape index (κ3) is 2.56. The second-order valence-corrected chi connectivity index (χ2v) is 3.31. The highest BCUT2D eigenvalue weighted by atomic mass is 16.2. The van der Waals surface area contributed by atoms with Gasteiger partial charge in [-0.2, -0.15) is 5.10 Å². The maximum Gasteiger partial charge on any atom is 0.242 e. The molecule has 5 nitrogen and oxygen atoms in total.